The fourth-order valence-corrected chi connectivity index (χ4v) is 0.844. The van der Waals surface area contributed by atoms with Crippen molar-refractivity contribution < 1.29 is 5.11 Å². The molecule has 2 heteroatoms. The molecule has 0 aromatic rings. The summed E-state index contributed by atoms with van der Waals surface area (Å²) in [4.78, 5) is 0. The molecule has 0 fully saturated rings. The van der Waals surface area contributed by atoms with E-state index in [2.05, 4.69) is 22.9 Å². The summed E-state index contributed by atoms with van der Waals surface area (Å²) in [7, 11) is 0. The van der Waals surface area contributed by atoms with Crippen LogP contribution in [0.25, 0.3) is 0 Å². The van der Waals surface area contributed by atoms with E-state index in [1.54, 1.807) is 6.08 Å². The highest BCUT2D eigenvalue weighted by Gasteiger charge is 1.83. The predicted octanol–water partition coefficient (Wildman–Crippen LogP) is 3.36. The highest BCUT2D eigenvalue weighted by molar-refractivity contribution is 9.11. The number of hydrogen-bond acceptors (Lipinski definition) is 1. The molecule has 0 amide bonds. The van der Waals surface area contributed by atoms with E-state index in [0.717, 1.165) is 6.42 Å². The van der Waals surface area contributed by atoms with Gasteiger partial charge in [0.25, 0.3) is 0 Å². The van der Waals surface area contributed by atoms with Gasteiger partial charge in [-0.05, 0) is 34.8 Å². The van der Waals surface area contributed by atoms with Crippen molar-refractivity contribution in [1.29, 1.82) is 0 Å². The highest BCUT2D eigenvalue weighted by atomic mass is 79.9. The van der Waals surface area contributed by atoms with E-state index in [1.165, 1.54) is 19.3 Å². The topological polar surface area (TPSA) is 20.2 Å². The molecular weight excluding hydrogens is 180 g/mol. The molecule has 0 atom stereocenters. The van der Waals surface area contributed by atoms with Crippen molar-refractivity contribution in [3.63, 3.8) is 0 Å². The number of aliphatic hydroxyl groups is 1. The van der Waals surface area contributed by atoms with Crippen molar-refractivity contribution in [1.82, 2.24) is 0 Å². The van der Waals surface area contributed by atoms with Crippen LogP contribution in [0.4, 0.5) is 0 Å². The number of halogens is 1. The lowest BCUT2D eigenvalue weighted by Gasteiger charge is -1.90. The summed E-state index contributed by atoms with van der Waals surface area (Å²) in [6.07, 6.45) is 6.42. The lowest BCUT2D eigenvalue weighted by Crippen LogP contribution is -1.72. The SMILES string of the molecule is CCCCCC=C(O)Br. The molecule has 1 N–H and O–H groups in total. The van der Waals surface area contributed by atoms with E-state index in [1.807, 2.05) is 0 Å². The Bertz CT molecular complexity index is 84.9. The summed E-state index contributed by atoms with van der Waals surface area (Å²) in [5.74, 6) is 0. The van der Waals surface area contributed by atoms with Crippen molar-refractivity contribution in [3.05, 3.63) is 10.7 Å². The second-order valence-electron chi connectivity index (χ2n) is 2.02. The van der Waals surface area contributed by atoms with Crippen molar-refractivity contribution in [2.75, 3.05) is 0 Å². The molecule has 0 aliphatic heterocycles. The third-order valence-corrected chi connectivity index (χ3v) is 1.44. The first kappa shape index (κ1) is 9.02. The minimum atomic E-state index is 0.263. The summed E-state index contributed by atoms with van der Waals surface area (Å²) >= 11 is 2.94. The average Bonchev–Trinajstić information content (AvgIpc) is 1.80. The molecule has 0 aliphatic rings. The zero-order valence-electron chi connectivity index (χ0n) is 5.73. The molecule has 0 spiro atoms. The van der Waals surface area contributed by atoms with Crippen molar-refractivity contribution >= 4 is 15.9 Å². The molecule has 0 heterocycles. The number of allylic oxidation sites excluding steroid dienone is 1. The zero-order chi connectivity index (χ0) is 7.11. The van der Waals surface area contributed by atoms with Gasteiger partial charge in [0.1, 0.15) is 0 Å². The molecule has 0 aromatic heterocycles. The Morgan fingerprint density at radius 1 is 1.56 bits per heavy atom. The van der Waals surface area contributed by atoms with Crippen LogP contribution in [0.5, 0.6) is 0 Å². The molecule has 1 nitrogen and oxygen atoms in total. The van der Waals surface area contributed by atoms with Gasteiger partial charge in [0.05, 0.1) is 0 Å². The van der Waals surface area contributed by atoms with Gasteiger partial charge >= 0.3 is 0 Å². The van der Waals surface area contributed by atoms with Crippen LogP contribution < -0.4 is 0 Å². The normalized spacial score (nSPS) is 12.0. The van der Waals surface area contributed by atoms with Gasteiger partial charge in [0.15, 0.2) is 4.67 Å². The standard InChI is InChI=1S/C7H13BrO/c1-2-3-4-5-6-7(8)9/h6,9H,2-5H2,1H3. The van der Waals surface area contributed by atoms with Crippen LogP contribution in [0.1, 0.15) is 32.6 Å². The van der Waals surface area contributed by atoms with Crippen molar-refractivity contribution in [3.8, 4) is 0 Å². The van der Waals surface area contributed by atoms with E-state index in [4.69, 9.17) is 5.11 Å². The zero-order valence-corrected chi connectivity index (χ0v) is 7.32. The Balaban J connectivity index is 3.00. The van der Waals surface area contributed by atoms with Gasteiger partial charge in [0.2, 0.25) is 0 Å². The van der Waals surface area contributed by atoms with Gasteiger partial charge in [-0.1, -0.05) is 19.8 Å². The number of aliphatic hydroxyl groups excluding tert-OH is 1. The first-order valence-corrected chi connectivity index (χ1v) is 4.11. The summed E-state index contributed by atoms with van der Waals surface area (Å²) in [6.45, 7) is 2.16. The highest BCUT2D eigenvalue weighted by Crippen LogP contribution is 2.04. The average molecular weight is 193 g/mol. The van der Waals surface area contributed by atoms with E-state index < -0.39 is 0 Å². The van der Waals surface area contributed by atoms with Gasteiger partial charge in [-0.15, -0.1) is 0 Å². The molecule has 9 heavy (non-hydrogen) atoms. The Morgan fingerprint density at radius 3 is 2.67 bits per heavy atom. The number of unbranched alkanes of at least 4 members (excludes halogenated alkanes) is 3. The molecule has 0 radical (unpaired) electrons. The summed E-state index contributed by atoms with van der Waals surface area (Å²) in [5, 5.41) is 8.63. The van der Waals surface area contributed by atoms with Gasteiger partial charge in [0, 0.05) is 0 Å². The number of hydrogen-bond donors (Lipinski definition) is 1. The largest absolute Gasteiger partial charge is 0.502 e. The van der Waals surface area contributed by atoms with Gasteiger partial charge < -0.3 is 5.11 Å². The van der Waals surface area contributed by atoms with Crippen molar-refractivity contribution in [2.24, 2.45) is 0 Å². The maximum atomic E-state index is 8.63. The molecule has 0 rings (SSSR count). The van der Waals surface area contributed by atoms with Crippen LogP contribution in [0.2, 0.25) is 0 Å². The van der Waals surface area contributed by atoms with E-state index in [-0.39, 0.29) is 4.67 Å². The molecule has 0 saturated carbocycles. The maximum Gasteiger partial charge on any atom is 0.154 e. The predicted molar refractivity (Wildman–Crippen MR) is 43.8 cm³/mol. The van der Waals surface area contributed by atoms with Crippen LogP contribution in [0, 0.1) is 0 Å². The Kier molecular flexibility index (Phi) is 6.16. The molecule has 54 valence electrons. The van der Waals surface area contributed by atoms with E-state index >= 15 is 0 Å². The minimum Gasteiger partial charge on any atom is -0.502 e. The third-order valence-electron chi connectivity index (χ3n) is 1.12. The fraction of sp³-hybridized carbons (Fsp3) is 0.714. The van der Waals surface area contributed by atoms with Crippen LogP contribution in [0.15, 0.2) is 10.7 Å². The Labute approximate surface area is 64.9 Å². The van der Waals surface area contributed by atoms with E-state index in [0.29, 0.717) is 0 Å². The van der Waals surface area contributed by atoms with Crippen LogP contribution in [0.3, 0.4) is 0 Å². The van der Waals surface area contributed by atoms with Gasteiger partial charge in [-0.2, -0.15) is 0 Å². The van der Waals surface area contributed by atoms with E-state index in [9.17, 15) is 0 Å². The van der Waals surface area contributed by atoms with Crippen molar-refractivity contribution in [2.45, 2.75) is 32.6 Å². The molecule has 0 unspecified atom stereocenters. The molecule has 0 aromatic carbocycles. The Morgan fingerprint density at radius 2 is 2.22 bits per heavy atom. The first-order valence-electron chi connectivity index (χ1n) is 3.32. The van der Waals surface area contributed by atoms with Crippen LogP contribution in [-0.4, -0.2) is 5.11 Å². The second kappa shape index (κ2) is 6.14. The lowest BCUT2D eigenvalue weighted by molar-refractivity contribution is 0.456. The summed E-state index contributed by atoms with van der Waals surface area (Å²) < 4.78 is 0.263. The summed E-state index contributed by atoms with van der Waals surface area (Å²) in [5.41, 5.74) is 0. The molecule has 0 aliphatic carbocycles. The van der Waals surface area contributed by atoms with Gasteiger partial charge in [-0.3, -0.25) is 0 Å². The molecule has 0 saturated heterocycles. The smallest absolute Gasteiger partial charge is 0.154 e. The van der Waals surface area contributed by atoms with Crippen LogP contribution >= 0.6 is 15.9 Å². The third kappa shape index (κ3) is 8.02. The Hall–Kier alpha value is 0.0200. The monoisotopic (exact) mass is 192 g/mol. The first-order chi connectivity index (χ1) is 4.27. The second-order valence-corrected chi connectivity index (χ2v) is 2.84. The lowest BCUT2D eigenvalue weighted by atomic mass is 10.2. The quantitative estimate of drug-likeness (QED) is 0.536. The summed E-state index contributed by atoms with van der Waals surface area (Å²) in [6, 6.07) is 0. The van der Waals surface area contributed by atoms with Crippen LogP contribution in [-0.2, 0) is 0 Å². The maximum absolute atomic E-state index is 8.63. The molecule has 0 bridgehead atoms. The number of rotatable bonds is 4. The fourth-order valence-electron chi connectivity index (χ4n) is 0.616. The minimum absolute atomic E-state index is 0.263. The van der Waals surface area contributed by atoms with Gasteiger partial charge in [-0.25, -0.2) is 0 Å². The molecular formula is C7H13BrO.